The predicted octanol–water partition coefficient (Wildman–Crippen LogP) is 4.34. The summed E-state index contributed by atoms with van der Waals surface area (Å²) in [4.78, 5) is 32.1. The summed E-state index contributed by atoms with van der Waals surface area (Å²) in [5, 5.41) is 8.63. The van der Waals surface area contributed by atoms with Crippen LogP contribution in [0.3, 0.4) is 0 Å². The molecule has 208 valence electrons. The maximum Gasteiger partial charge on any atom is 0.253 e. The summed E-state index contributed by atoms with van der Waals surface area (Å²) in [7, 11) is 3.21. The molecule has 0 bridgehead atoms. The lowest BCUT2D eigenvalue weighted by Gasteiger charge is -2.32. The van der Waals surface area contributed by atoms with Crippen molar-refractivity contribution in [2.45, 2.75) is 26.3 Å². The Labute approximate surface area is 234 Å². The zero-order valence-corrected chi connectivity index (χ0v) is 23.2. The third-order valence-electron chi connectivity index (χ3n) is 7.55. The van der Waals surface area contributed by atoms with Crippen LogP contribution in [-0.2, 0) is 11.3 Å². The van der Waals surface area contributed by atoms with Gasteiger partial charge in [0.05, 0.1) is 24.9 Å². The van der Waals surface area contributed by atoms with Crippen LogP contribution in [0.25, 0.3) is 22.2 Å². The highest BCUT2D eigenvalue weighted by Gasteiger charge is 2.24. The van der Waals surface area contributed by atoms with Crippen LogP contribution in [0, 0.1) is 12.8 Å². The number of likely N-dealkylation sites (tertiary alicyclic amines) is 1. The average Bonchev–Trinajstić information content (AvgIpc) is 3.41. The van der Waals surface area contributed by atoms with Crippen LogP contribution in [0.2, 0.25) is 0 Å². The first-order valence-corrected chi connectivity index (χ1v) is 13.6. The summed E-state index contributed by atoms with van der Waals surface area (Å²) in [5.41, 5.74) is 4.89. The number of amides is 2. The van der Waals surface area contributed by atoms with E-state index in [1.165, 1.54) is 0 Å². The van der Waals surface area contributed by atoms with Gasteiger partial charge in [-0.1, -0.05) is 18.2 Å². The van der Waals surface area contributed by atoms with Crippen molar-refractivity contribution >= 4 is 22.7 Å². The molecule has 5 rings (SSSR count). The van der Waals surface area contributed by atoms with Gasteiger partial charge in [-0.2, -0.15) is 5.10 Å². The number of pyridine rings is 1. The number of methoxy groups -OCH3 is 2. The fourth-order valence-corrected chi connectivity index (χ4v) is 5.22. The van der Waals surface area contributed by atoms with Crippen LogP contribution in [0.4, 0.5) is 0 Å². The van der Waals surface area contributed by atoms with Gasteiger partial charge in [0.1, 0.15) is 0 Å². The Morgan fingerprint density at radius 3 is 2.52 bits per heavy atom. The number of nitrogens with one attached hydrogen (secondary N) is 1. The molecule has 2 aromatic carbocycles. The summed E-state index contributed by atoms with van der Waals surface area (Å²) in [5.74, 6) is 0.940. The second kappa shape index (κ2) is 12.3. The maximum atomic E-state index is 13.2. The topological polar surface area (TPSA) is 98.6 Å². The number of benzene rings is 2. The third kappa shape index (κ3) is 5.99. The number of hydrogen-bond donors (Lipinski definition) is 1. The summed E-state index contributed by atoms with van der Waals surface area (Å²) < 4.78 is 12.2. The van der Waals surface area contributed by atoms with Crippen LogP contribution in [0.1, 0.15) is 39.1 Å². The average molecular weight is 542 g/mol. The molecule has 2 aromatic heterocycles. The monoisotopic (exact) mass is 541 g/mol. The van der Waals surface area contributed by atoms with Gasteiger partial charge in [0.15, 0.2) is 0 Å². The van der Waals surface area contributed by atoms with Crippen LogP contribution >= 0.6 is 0 Å². The molecule has 1 fully saturated rings. The van der Waals surface area contributed by atoms with Gasteiger partial charge < -0.3 is 19.7 Å². The van der Waals surface area contributed by atoms with Crippen LogP contribution < -0.4 is 10.1 Å². The minimum absolute atomic E-state index is 0.0559. The van der Waals surface area contributed by atoms with E-state index in [2.05, 4.69) is 10.3 Å². The molecular weight excluding hydrogens is 506 g/mol. The number of rotatable bonds is 9. The van der Waals surface area contributed by atoms with Crippen molar-refractivity contribution in [3.63, 3.8) is 0 Å². The van der Waals surface area contributed by atoms with Crippen molar-refractivity contribution < 1.29 is 19.1 Å². The molecule has 0 saturated carbocycles. The van der Waals surface area contributed by atoms with Crippen molar-refractivity contribution in [1.82, 2.24) is 25.0 Å². The molecule has 1 aliphatic heterocycles. The van der Waals surface area contributed by atoms with E-state index in [-0.39, 0.29) is 11.8 Å². The molecule has 1 aliphatic rings. The summed E-state index contributed by atoms with van der Waals surface area (Å²) in [6.07, 6.45) is 3.87. The molecule has 0 atom stereocenters. The molecule has 2 amide bonds. The third-order valence-corrected chi connectivity index (χ3v) is 7.55. The van der Waals surface area contributed by atoms with Crippen LogP contribution in [-0.4, -0.2) is 71.9 Å². The quantitative estimate of drug-likeness (QED) is 0.317. The minimum Gasteiger partial charge on any atom is -0.481 e. The van der Waals surface area contributed by atoms with E-state index in [0.717, 1.165) is 47.1 Å². The zero-order valence-electron chi connectivity index (χ0n) is 23.2. The molecule has 0 radical (unpaired) electrons. The summed E-state index contributed by atoms with van der Waals surface area (Å²) in [6.45, 7) is 5.13. The molecule has 0 aliphatic carbocycles. The lowest BCUT2D eigenvalue weighted by molar-refractivity contribution is 0.0681. The smallest absolute Gasteiger partial charge is 0.253 e. The van der Waals surface area contributed by atoms with E-state index in [9.17, 15) is 9.59 Å². The van der Waals surface area contributed by atoms with Gasteiger partial charge in [0.2, 0.25) is 5.88 Å². The van der Waals surface area contributed by atoms with Crippen molar-refractivity contribution in [2.24, 2.45) is 5.92 Å². The Hall–Kier alpha value is -4.24. The molecule has 40 heavy (non-hydrogen) atoms. The van der Waals surface area contributed by atoms with E-state index in [1.807, 2.05) is 77.3 Å². The number of aryl methyl sites for hydroxylation is 1. The Bertz CT molecular complexity index is 1490. The first-order valence-electron chi connectivity index (χ1n) is 13.6. The molecule has 0 spiro atoms. The Balaban J connectivity index is 1.17. The molecule has 4 aromatic rings. The van der Waals surface area contributed by atoms with Gasteiger partial charge in [0.25, 0.3) is 11.8 Å². The molecular formula is C31H35N5O4. The first-order chi connectivity index (χ1) is 19.5. The van der Waals surface area contributed by atoms with E-state index < -0.39 is 0 Å². The number of piperidine rings is 1. The zero-order chi connectivity index (χ0) is 28.1. The fraction of sp³-hybridized carbons (Fsp3) is 0.355. The van der Waals surface area contributed by atoms with Crippen molar-refractivity contribution in [3.8, 4) is 17.1 Å². The highest BCUT2D eigenvalue weighted by Crippen LogP contribution is 2.25. The standard InChI is InChI=1S/C31H35N5O4/c1-21-25(30(37)32-15-18-39-2)11-12-28-26(21)20-36(34-28)19-22-13-16-35(17-14-22)31(38)24-9-7-23(8-10-24)27-5-4-6-29(33-27)40-3/h4-12,20,22H,13-19H2,1-3H3,(H,32,37). The van der Waals surface area contributed by atoms with E-state index in [4.69, 9.17) is 14.6 Å². The van der Waals surface area contributed by atoms with Gasteiger partial charge in [0, 0.05) is 67.6 Å². The van der Waals surface area contributed by atoms with Crippen molar-refractivity contribution in [2.75, 3.05) is 40.5 Å². The molecule has 3 heterocycles. The van der Waals surface area contributed by atoms with Gasteiger partial charge >= 0.3 is 0 Å². The normalized spacial score (nSPS) is 13.9. The second-order valence-corrected chi connectivity index (χ2v) is 10.1. The van der Waals surface area contributed by atoms with Gasteiger partial charge in [-0.05, 0) is 61.6 Å². The van der Waals surface area contributed by atoms with E-state index >= 15 is 0 Å². The number of nitrogens with zero attached hydrogens (tertiary/aromatic N) is 4. The van der Waals surface area contributed by atoms with Gasteiger partial charge in [-0.15, -0.1) is 0 Å². The molecule has 1 saturated heterocycles. The summed E-state index contributed by atoms with van der Waals surface area (Å²) >= 11 is 0. The first kappa shape index (κ1) is 27.3. The molecule has 1 N–H and O–H groups in total. The summed E-state index contributed by atoms with van der Waals surface area (Å²) in [6, 6.07) is 17.0. The minimum atomic E-state index is -0.104. The Morgan fingerprint density at radius 1 is 1.02 bits per heavy atom. The van der Waals surface area contributed by atoms with E-state index in [0.29, 0.717) is 49.2 Å². The lowest BCUT2D eigenvalue weighted by Crippen LogP contribution is -2.39. The van der Waals surface area contributed by atoms with Gasteiger partial charge in [-0.3, -0.25) is 14.3 Å². The SMILES string of the molecule is COCCNC(=O)c1ccc2nn(CC3CCN(C(=O)c4ccc(-c5cccc(OC)n5)cc4)CC3)cc2c1C. The fourth-order valence-electron chi connectivity index (χ4n) is 5.22. The Kier molecular flexibility index (Phi) is 8.40. The highest BCUT2D eigenvalue weighted by atomic mass is 16.5. The Morgan fingerprint density at radius 2 is 1.80 bits per heavy atom. The number of aromatic nitrogens is 3. The largest absolute Gasteiger partial charge is 0.481 e. The van der Waals surface area contributed by atoms with Crippen molar-refractivity contribution in [3.05, 3.63) is 77.5 Å². The van der Waals surface area contributed by atoms with Gasteiger partial charge in [-0.25, -0.2) is 4.98 Å². The second-order valence-electron chi connectivity index (χ2n) is 10.1. The van der Waals surface area contributed by atoms with Crippen LogP contribution in [0.15, 0.2) is 60.8 Å². The predicted molar refractivity (Wildman–Crippen MR) is 154 cm³/mol. The highest BCUT2D eigenvalue weighted by molar-refractivity contribution is 6.00. The molecule has 9 nitrogen and oxygen atoms in total. The van der Waals surface area contributed by atoms with Crippen LogP contribution in [0.5, 0.6) is 5.88 Å². The number of ether oxygens (including phenoxy) is 2. The number of hydrogen-bond acceptors (Lipinski definition) is 6. The molecule has 0 unspecified atom stereocenters. The maximum absolute atomic E-state index is 13.2. The lowest BCUT2D eigenvalue weighted by atomic mass is 9.96. The van der Waals surface area contributed by atoms with Crippen molar-refractivity contribution in [1.29, 1.82) is 0 Å². The van der Waals surface area contributed by atoms with E-state index in [1.54, 1.807) is 14.2 Å². The number of carbonyl (C=O) groups excluding carboxylic acids is 2. The molecule has 9 heteroatoms. The number of carbonyl (C=O) groups is 2. The number of fused-ring (bicyclic) bond motifs is 1.